The van der Waals surface area contributed by atoms with Gasteiger partial charge in [0.2, 0.25) is 5.43 Å². The summed E-state index contributed by atoms with van der Waals surface area (Å²) in [5, 5.41) is 7.96. The molecule has 0 aliphatic rings. The fourth-order valence-corrected chi connectivity index (χ4v) is 1.90. The Bertz CT molecular complexity index is 696. The van der Waals surface area contributed by atoms with Gasteiger partial charge in [-0.1, -0.05) is 11.6 Å². The van der Waals surface area contributed by atoms with E-state index < -0.39 is 11.4 Å². The van der Waals surface area contributed by atoms with Gasteiger partial charge in [-0.3, -0.25) is 4.79 Å². The molecular weight excluding hydrogens is 270 g/mol. The van der Waals surface area contributed by atoms with Crippen molar-refractivity contribution in [2.24, 2.45) is 0 Å². The van der Waals surface area contributed by atoms with Gasteiger partial charge in [0.25, 0.3) is 0 Å². The lowest BCUT2D eigenvalue weighted by Gasteiger charge is -2.09. The number of hydrogen-bond donors (Lipinski definition) is 0. The summed E-state index contributed by atoms with van der Waals surface area (Å²) in [6.45, 7) is 4.30. The molecule has 0 fully saturated rings. The molecule has 0 radical (unpaired) electrons. The van der Waals surface area contributed by atoms with Crippen LogP contribution in [0.1, 0.15) is 24.2 Å². The normalized spacial score (nSPS) is 10.7. The zero-order valence-electron chi connectivity index (χ0n) is 10.5. The molecule has 100 valence electrons. The van der Waals surface area contributed by atoms with Gasteiger partial charge in [0, 0.05) is 12.7 Å². The zero-order valence-corrected chi connectivity index (χ0v) is 11.3. The first kappa shape index (κ1) is 13.5. The van der Waals surface area contributed by atoms with Crippen molar-refractivity contribution in [2.45, 2.75) is 20.4 Å². The van der Waals surface area contributed by atoms with Crippen molar-refractivity contribution in [1.29, 1.82) is 0 Å². The molecule has 2 heterocycles. The molecule has 0 saturated heterocycles. The van der Waals surface area contributed by atoms with Crippen LogP contribution in [0.5, 0.6) is 0 Å². The quantitative estimate of drug-likeness (QED) is 0.800. The number of esters is 1. The van der Waals surface area contributed by atoms with E-state index in [1.807, 2.05) is 6.92 Å². The largest absolute Gasteiger partial charge is 0.462 e. The van der Waals surface area contributed by atoms with Crippen LogP contribution in [0.4, 0.5) is 0 Å². The lowest BCUT2D eigenvalue weighted by molar-refractivity contribution is 0.0524. The Balaban J connectivity index is 2.77. The van der Waals surface area contributed by atoms with Crippen LogP contribution in [-0.4, -0.2) is 27.3 Å². The Morgan fingerprint density at radius 3 is 2.79 bits per heavy atom. The number of pyridine rings is 1. The number of halogens is 1. The topological polar surface area (TPSA) is 74.1 Å². The third kappa shape index (κ3) is 2.44. The van der Waals surface area contributed by atoms with E-state index in [2.05, 4.69) is 10.2 Å². The maximum atomic E-state index is 12.2. The van der Waals surface area contributed by atoms with Crippen LogP contribution in [0.3, 0.4) is 0 Å². The minimum atomic E-state index is -0.649. The average Bonchev–Trinajstić information content (AvgIpc) is 2.40. The first-order valence-electron chi connectivity index (χ1n) is 5.82. The Kier molecular flexibility index (Phi) is 3.80. The van der Waals surface area contributed by atoms with Crippen molar-refractivity contribution in [3.8, 4) is 0 Å². The van der Waals surface area contributed by atoms with Crippen LogP contribution in [0, 0.1) is 0 Å². The van der Waals surface area contributed by atoms with E-state index in [9.17, 15) is 9.59 Å². The summed E-state index contributed by atoms with van der Waals surface area (Å²) >= 11 is 5.74. The molecule has 2 aromatic rings. The molecule has 0 aromatic carbocycles. The number of carbonyl (C=O) groups excluding carboxylic acids is 1. The molecular formula is C12H12ClN3O3. The van der Waals surface area contributed by atoms with Crippen molar-refractivity contribution >= 4 is 28.6 Å². The van der Waals surface area contributed by atoms with Crippen LogP contribution in [0.25, 0.3) is 11.0 Å². The van der Waals surface area contributed by atoms with Crippen LogP contribution in [-0.2, 0) is 11.3 Å². The van der Waals surface area contributed by atoms with Gasteiger partial charge in [0.1, 0.15) is 5.56 Å². The fraction of sp³-hybridized carbons (Fsp3) is 0.333. The number of aromatic nitrogens is 3. The number of carbonyl (C=O) groups is 1. The minimum absolute atomic E-state index is 0.0275. The predicted molar refractivity (Wildman–Crippen MR) is 70.4 cm³/mol. The van der Waals surface area contributed by atoms with Gasteiger partial charge in [-0.15, -0.1) is 10.2 Å². The van der Waals surface area contributed by atoms with E-state index in [1.54, 1.807) is 11.5 Å². The average molecular weight is 282 g/mol. The second-order valence-corrected chi connectivity index (χ2v) is 4.17. The highest BCUT2D eigenvalue weighted by atomic mass is 35.5. The van der Waals surface area contributed by atoms with Crippen molar-refractivity contribution in [2.75, 3.05) is 6.61 Å². The Morgan fingerprint density at radius 2 is 2.16 bits per heavy atom. The highest BCUT2D eigenvalue weighted by molar-refractivity contribution is 6.29. The second kappa shape index (κ2) is 5.36. The van der Waals surface area contributed by atoms with E-state index >= 15 is 0 Å². The first-order chi connectivity index (χ1) is 9.08. The molecule has 6 nitrogen and oxygen atoms in total. The summed E-state index contributed by atoms with van der Waals surface area (Å²) in [6, 6.07) is 1.40. The van der Waals surface area contributed by atoms with Crippen molar-refractivity contribution < 1.29 is 9.53 Å². The standard InChI is InChI=1S/C12H12ClN3O3/c1-3-16-6-8(12(18)19-4-2)10(17)7-5-9(13)14-15-11(7)16/h5-6H,3-4H2,1-2H3. The van der Waals surface area contributed by atoms with Gasteiger partial charge in [0.05, 0.1) is 12.0 Å². The smallest absolute Gasteiger partial charge is 0.343 e. The van der Waals surface area contributed by atoms with Crippen molar-refractivity contribution in [3.05, 3.63) is 33.2 Å². The molecule has 0 aliphatic carbocycles. The number of fused-ring (bicyclic) bond motifs is 1. The van der Waals surface area contributed by atoms with Crippen molar-refractivity contribution in [3.63, 3.8) is 0 Å². The fourth-order valence-electron chi connectivity index (χ4n) is 1.76. The van der Waals surface area contributed by atoms with E-state index in [0.717, 1.165) is 0 Å². The summed E-state index contributed by atoms with van der Waals surface area (Å²) in [4.78, 5) is 24.0. The monoisotopic (exact) mass is 281 g/mol. The first-order valence-corrected chi connectivity index (χ1v) is 6.19. The summed E-state index contributed by atoms with van der Waals surface area (Å²) < 4.78 is 6.53. The summed E-state index contributed by atoms with van der Waals surface area (Å²) in [5.74, 6) is -0.649. The Morgan fingerprint density at radius 1 is 1.42 bits per heavy atom. The van der Waals surface area contributed by atoms with Gasteiger partial charge < -0.3 is 9.30 Å². The summed E-state index contributed by atoms with van der Waals surface area (Å²) in [6.07, 6.45) is 1.44. The molecule has 19 heavy (non-hydrogen) atoms. The van der Waals surface area contributed by atoms with Crippen molar-refractivity contribution in [1.82, 2.24) is 14.8 Å². The molecule has 0 bridgehead atoms. The molecule has 0 amide bonds. The molecule has 0 aliphatic heterocycles. The zero-order chi connectivity index (χ0) is 14.0. The highest BCUT2D eigenvalue weighted by Gasteiger charge is 2.17. The van der Waals surface area contributed by atoms with Gasteiger partial charge in [-0.2, -0.15) is 0 Å². The highest BCUT2D eigenvalue weighted by Crippen LogP contribution is 2.13. The van der Waals surface area contributed by atoms with E-state index in [4.69, 9.17) is 16.3 Å². The molecule has 0 N–H and O–H groups in total. The second-order valence-electron chi connectivity index (χ2n) is 3.78. The lowest BCUT2D eigenvalue weighted by atomic mass is 10.2. The third-order valence-electron chi connectivity index (χ3n) is 2.63. The Hall–Kier alpha value is -1.95. The molecule has 7 heteroatoms. The number of nitrogens with zero attached hydrogens (tertiary/aromatic N) is 3. The van der Waals surface area contributed by atoms with Crippen LogP contribution >= 0.6 is 11.6 Å². The van der Waals surface area contributed by atoms with E-state index in [0.29, 0.717) is 12.2 Å². The number of ether oxygens (including phenoxy) is 1. The predicted octanol–water partition coefficient (Wildman–Crippen LogP) is 1.64. The van der Waals surface area contributed by atoms with Crippen LogP contribution < -0.4 is 5.43 Å². The maximum Gasteiger partial charge on any atom is 0.343 e. The van der Waals surface area contributed by atoms with Crippen LogP contribution in [0.15, 0.2) is 17.1 Å². The SMILES string of the molecule is CCOC(=O)c1cn(CC)c2nnc(Cl)cc2c1=O. The minimum Gasteiger partial charge on any atom is -0.462 e. The third-order valence-corrected chi connectivity index (χ3v) is 2.81. The number of aryl methyl sites for hydroxylation is 1. The van der Waals surface area contributed by atoms with Crippen LogP contribution in [0.2, 0.25) is 5.15 Å². The Labute approximate surface area is 114 Å². The molecule has 0 atom stereocenters. The lowest BCUT2D eigenvalue weighted by Crippen LogP contribution is -2.21. The van der Waals surface area contributed by atoms with Gasteiger partial charge in [-0.05, 0) is 19.9 Å². The summed E-state index contributed by atoms with van der Waals surface area (Å²) in [5.41, 5.74) is -0.0832. The number of rotatable bonds is 3. The summed E-state index contributed by atoms with van der Waals surface area (Å²) in [7, 11) is 0. The number of hydrogen-bond acceptors (Lipinski definition) is 5. The molecule has 0 spiro atoms. The molecule has 2 aromatic heterocycles. The molecule has 0 saturated carbocycles. The van der Waals surface area contributed by atoms with Gasteiger partial charge >= 0.3 is 5.97 Å². The molecule has 0 unspecified atom stereocenters. The maximum absolute atomic E-state index is 12.2. The van der Waals surface area contributed by atoms with Gasteiger partial charge in [-0.25, -0.2) is 4.79 Å². The molecule has 2 rings (SSSR count). The van der Waals surface area contributed by atoms with E-state index in [1.165, 1.54) is 12.3 Å². The van der Waals surface area contributed by atoms with Gasteiger partial charge in [0.15, 0.2) is 10.8 Å². The van der Waals surface area contributed by atoms with E-state index in [-0.39, 0.29) is 22.7 Å².